The number of carbonyl (C=O) groups is 1. The van der Waals surface area contributed by atoms with E-state index in [0.717, 1.165) is 40.0 Å². The molecule has 0 aromatic carbocycles. The molecule has 2 aliphatic heterocycles. The summed E-state index contributed by atoms with van der Waals surface area (Å²) in [6.07, 6.45) is 4.40. The normalized spacial score (nSPS) is 20.8. The molecule has 3 aromatic heterocycles. The summed E-state index contributed by atoms with van der Waals surface area (Å²) in [7, 11) is 3.33. The van der Waals surface area contributed by atoms with Crippen LogP contribution in [0.25, 0.3) is 16.7 Å². The first-order chi connectivity index (χ1) is 16.9. The fraction of sp³-hybridized carbons (Fsp3) is 0.423. The number of carbonyl (C=O) groups excluding carboxylic acids is 1. The van der Waals surface area contributed by atoms with Crippen molar-refractivity contribution >= 4 is 22.6 Å². The number of amides is 1. The van der Waals surface area contributed by atoms with Gasteiger partial charge in [-0.25, -0.2) is 9.97 Å². The predicted molar refractivity (Wildman–Crippen MR) is 129 cm³/mol. The van der Waals surface area contributed by atoms with Gasteiger partial charge in [0.1, 0.15) is 17.2 Å². The zero-order chi connectivity index (χ0) is 24.6. The van der Waals surface area contributed by atoms with Gasteiger partial charge in [-0.3, -0.25) is 9.36 Å². The lowest BCUT2D eigenvalue weighted by atomic mass is 9.97. The number of ether oxygens (including phenoxy) is 4. The van der Waals surface area contributed by atoms with E-state index in [0.29, 0.717) is 32.2 Å². The van der Waals surface area contributed by atoms with E-state index in [-0.39, 0.29) is 5.91 Å². The van der Waals surface area contributed by atoms with Gasteiger partial charge in [0.05, 0.1) is 36.6 Å². The zero-order valence-corrected chi connectivity index (χ0v) is 20.3. The highest BCUT2D eigenvalue weighted by Crippen LogP contribution is 2.34. The number of pyridine rings is 2. The van der Waals surface area contributed by atoms with E-state index < -0.39 is 11.2 Å². The summed E-state index contributed by atoms with van der Waals surface area (Å²) >= 11 is 0. The molecular formula is C26H28N4O5. The summed E-state index contributed by atoms with van der Waals surface area (Å²) in [5, 5.41) is 3.60. The Kier molecular flexibility index (Phi) is 6.07. The first-order valence-electron chi connectivity index (χ1n) is 11.4. The average molecular weight is 477 g/mol. The van der Waals surface area contributed by atoms with Gasteiger partial charge in [0.2, 0.25) is 5.91 Å². The van der Waals surface area contributed by atoms with E-state index in [1.54, 1.807) is 20.4 Å². The van der Waals surface area contributed by atoms with Crippen LogP contribution in [0.15, 0.2) is 30.6 Å². The summed E-state index contributed by atoms with van der Waals surface area (Å²) < 4.78 is 24.4. The molecule has 0 radical (unpaired) electrons. The van der Waals surface area contributed by atoms with Crippen molar-refractivity contribution in [3.8, 4) is 17.7 Å². The largest absolute Gasteiger partial charge is 0.378 e. The van der Waals surface area contributed by atoms with Crippen molar-refractivity contribution in [1.82, 2.24) is 14.5 Å². The van der Waals surface area contributed by atoms with Gasteiger partial charge in [0.15, 0.2) is 5.60 Å². The number of anilines is 1. The Labute approximate surface area is 203 Å². The lowest BCUT2D eigenvalue weighted by molar-refractivity contribution is -0.159. The topological polar surface area (TPSA) is 96.7 Å². The molecule has 1 atom stereocenters. The zero-order valence-electron chi connectivity index (χ0n) is 20.3. The second-order valence-electron chi connectivity index (χ2n) is 9.01. The smallest absolute Gasteiger partial charge is 0.222 e. The lowest BCUT2D eigenvalue weighted by Crippen LogP contribution is -2.50. The van der Waals surface area contributed by atoms with Gasteiger partial charge in [-0.2, -0.15) is 0 Å². The number of hydrogen-bond acceptors (Lipinski definition) is 7. The Balaban J connectivity index is 1.67. The van der Waals surface area contributed by atoms with Crippen LogP contribution in [0.4, 0.5) is 5.82 Å². The molecule has 182 valence electrons. The summed E-state index contributed by atoms with van der Waals surface area (Å²) in [6.45, 7) is 5.44. The molecule has 1 unspecified atom stereocenters. The molecule has 9 nitrogen and oxygen atoms in total. The first-order valence-corrected chi connectivity index (χ1v) is 11.4. The SMILES string of the molecule is COC1(C#Cc2cn(-c3cc(C)cc(C4(OC)CCOC4)n3)c3cc(NC(C)=O)ncc23)COC1. The van der Waals surface area contributed by atoms with Crippen LogP contribution < -0.4 is 5.32 Å². The second-order valence-corrected chi connectivity index (χ2v) is 9.01. The Morgan fingerprint density at radius 2 is 2.00 bits per heavy atom. The third-order valence-corrected chi connectivity index (χ3v) is 6.53. The number of nitrogens with one attached hydrogen (secondary N) is 1. The monoisotopic (exact) mass is 476 g/mol. The van der Waals surface area contributed by atoms with E-state index >= 15 is 0 Å². The molecule has 0 saturated carbocycles. The maximum atomic E-state index is 11.7. The van der Waals surface area contributed by atoms with Gasteiger partial charge in [0.25, 0.3) is 0 Å². The highest BCUT2D eigenvalue weighted by molar-refractivity contribution is 5.93. The maximum absolute atomic E-state index is 11.7. The Morgan fingerprint density at radius 3 is 2.63 bits per heavy atom. The molecule has 2 aliphatic rings. The molecule has 2 saturated heterocycles. The number of fused-ring (bicyclic) bond motifs is 1. The third-order valence-electron chi connectivity index (χ3n) is 6.53. The van der Waals surface area contributed by atoms with Crippen LogP contribution in [0.1, 0.15) is 30.2 Å². The Hall–Kier alpha value is -3.29. The molecule has 0 aliphatic carbocycles. The van der Waals surface area contributed by atoms with Gasteiger partial charge in [-0.05, 0) is 24.6 Å². The van der Waals surface area contributed by atoms with Crippen LogP contribution in [0.5, 0.6) is 0 Å². The van der Waals surface area contributed by atoms with Gasteiger partial charge in [0, 0.05) is 58.0 Å². The molecular weight excluding hydrogens is 448 g/mol. The summed E-state index contributed by atoms with van der Waals surface area (Å²) in [4.78, 5) is 21.1. The van der Waals surface area contributed by atoms with Crippen LogP contribution in [0.2, 0.25) is 0 Å². The predicted octanol–water partition coefficient (Wildman–Crippen LogP) is 2.72. The van der Waals surface area contributed by atoms with Gasteiger partial charge in [-0.1, -0.05) is 11.8 Å². The van der Waals surface area contributed by atoms with E-state index in [4.69, 9.17) is 23.9 Å². The molecule has 5 rings (SSSR count). The minimum absolute atomic E-state index is 0.193. The second kappa shape index (κ2) is 9.06. The van der Waals surface area contributed by atoms with E-state index in [2.05, 4.69) is 22.1 Å². The molecule has 0 spiro atoms. The summed E-state index contributed by atoms with van der Waals surface area (Å²) in [5.74, 6) is 7.46. The number of nitrogens with zero attached hydrogens (tertiary/aromatic N) is 3. The molecule has 5 heterocycles. The molecule has 35 heavy (non-hydrogen) atoms. The first kappa shape index (κ1) is 23.5. The number of rotatable bonds is 5. The average Bonchev–Trinajstić information content (AvgIpc) is 3.44. The number of hydrogen-bond donors (Lipinski definition) is 1. The molecule has 9 heteroatoms. The van der Waals surface area contributed by atoms with Gasteiger partial charge in [-0.15, -0.1) is 0 Å². The Morgan fingerprint density at radius 1 is 1.17 bits per heavy atom. The summed E-state index contributed by atoms with van der Waals surface area (Å²) in [6, 6.07) is 5.88. The molecule has 1 N–H and O–H groups in total. The van der Waals surface area contributed by atoms with Crippen molar-refractivity contribution in [3.05, 3.63) is 47.4 Å². The molecule has 3 aromatic rings. The highest BCUT2D eigenvalue weighted by Gasteiger charge is 2.39. The van der Waals surface area contributed by atoms with E-state index in [1.165, 1.54) is 6.92 Å². The minimum Gasteiger partial charge on any atom is -0.378 e. The number of aryl methyl sites for hydroxylation is 1. The van der Waals surface area contributed by atoms with E-state index in [9.17, 15) is 4.79 Å². The fourth-order valence-corrected chi connectivity index (χ4v) is 4.39. The van der Waals surface area contributed by atoms with Gasteiger partial charge < -0.3 is 24.3 Å². The maximum Gasteiger partial charge on any atom is 0.222 e. The van der Waals surface area contributed by atoms with Crippen molar-refractivity contribution in [2.75, 3.05) is 46.0 Å². The molecule has 1 amide bonds. The third kappa shape index (κ3) is 4.30. The van der Waals surface area contributed by atoms with Crippen molar-refractivity contribution < 1.29 is 23.7 Å². The highest BCUT2D eigenvalue weighted by atomic mass is 16.6. The van der Waals surface area contributed by atoms with Crippen molar-refractivity contribution in [2.24, 2.45) is 0 Å². The van der Waals surface area contributed by atoms with Crippen LogP contribution >= 0.6 is 0 Å². The lowest BCUT2D eigenvalue weighted by Gasteiger charge is -2.35. The van der Waals surface area contributed by atoms with Crippen molar-refractivity contribution in [1.29, 1.82) is 0 Å². The van der Waals surface area contributed by atoms with Crippen LogP contribution in [0.3, 0.4) is 0 Å². The van der Waals surface area contributed by atoms with Crippen molar-refractivity contribution in [2.45, 2.75) is 31.5 Å². The van der Waals surface area contributed by atoms with Gasteiger partial charge >= 0.3 is 0 Å². The minimum atomic E-state index is -0.597. The van der Waals surface area contributed by atoms with Crippen molar-refractivity contribution in [3.63, 3.8) is 0 Å². The number of methoxy groups -OCH3 is 2. The quantitative estimate of drug-likeness (QED) is 0.566. The Bertz CT molecular complexity index is 1340. The van der Waals surface area contributed by atoms with Crippen LogP contribution in [0, 0.1) is 18.8 Å². The molecule has 0 bridgehead atoms. The fourth-order valence-electron chi connectivity index (χ4n) is 4.39. The molecule has 2 fully saturated rings. The van der Waals surface area contributed by atoms with E-state index in [1.807, 2.05) is 35.9 Å². The standard InChI is InChI=1S/C26H28N4O5/c1-17-9-22(26(33-4)7-8-34-16-26)29-24(10-17)30-13-19(5-6-25(32-3)14-35-15-25)20-12-27-23(11-21(20)30)28-18(2)31/h9-13H,7-8,14-16H2,1-4H3,(H,27,28,31). The summed E-state index contributed by atoms with van der Waals surface area (Å²) in [5.41, 5.74) is 2.29. The van der Waals surface area contributed by atoms with Crippen LogP contribution in [-0.2, 0) is 29.3 Å². The number of aromatic nitrogens is 3. The van der Waals surface area contributed by atoms with Crippen LogP contribution in [-0.4, -0.2) is 66.7 Å².